The quantitative estimate of drug-likeness (QED) is 0.481. The SMILES string of the molecule is CC(C(=O)Nc1ccc(Oc2c(F)cc(F)cc2F)cn1)N1CCC(F)(F)[C@@H](c2ccc(=O)[nH]c2)C1. The number of piperidine rings is 1. The Bertz CT molecular complexity index is 1270. The number of anilines is 1. The van der Waals surface area contributed by atoms with E-state index in [2.05, 4.69) is 15.3 Å². The Morgan fingerprint density at radius 2 is 1.92 bits per heavy atom. The number of aromatic nitrogens is 2. The van der Waals surface area contributed by atoms with E-state index in [0.29, 0.717) is 12.1 Å². The van der Waals surface area contributed by atoms with Gasteiger partial charge < -0.3 is 15.0 Å². The highest BCUT2D eigenvalue weighted by Crippen LogP contribution is 2.40. The van der Waals surface area contributed by atoms with E-state index in [0.717, 1.165) is 6.20 Å². The van der Waals surface area contributed by atoms with Crippen LogP contribution in [0.5, 0.6) is 11.5 Å². The first-order valence-corrected chi connectivity index (χ1v) is 10.9. The van der Waals surface area contributed by atoms with Gasteiger partial charge >= 0.3 is 0 Å². The molecule has 0 spiro atoms. The van der Waals surface area contributed by atoms with E-state index in [4.69, 9.17) is 4.74 Å². The van der Waals surface area contributed by atoms with Crippen LogP contribution in [-0.2, 0) is 4.79 Å². The number of likely N-dealkylation sites (tertiary alicyclic amines) is 1. The molecule has 1 unspecified atom stereocenters. The molecule has 0 saturated carbocycles. The fourth-order valence-electron chi connectivity index (χ4n) is 3.92. The summed E-state index contributed by atoms with van der Waals surface area (Å²) in [4.78, 5) is 32.0. The molecule has 4 rings (SSSR count). The summed E-state index contributed by atoms with van der Waals surface area (Å²) in [5.74, 6) is -9.04. The van der Waals surface area contributed by atoms with Gasteiger partial charge in [0.2, 0.25) is 11.5 Å². The summed E-state index contributed by atoms with van der Waals surface area (Å²) in [6.07, 6.45) is 1.90. The molecule has 1 amide bonds. The molecule has 36 heavy (non-hydrogen) atoms. The van der Waals surface area contributed by atoms with Crippen molar-refractivity contribution >= 4 is 11.7 Å². The van der Waals surface area contributed by atoms with Crippen LogP contribution in [0, 0.1) is 17.5 Å². The molecule has 12 heteroatoms. The Hall–Kier alpha value is -3.80. The van der Waals surface area contributed by atoms with Crippen LogP contribution in [0.25, 0.3) is 0 Å². The summed E-state index contributed by atoms with van der Waals surface area (Å²) in [5.41, 5.74) is -0.137. The number of hydrogen-bond donors (Lipinski definition) is 2. The number of benzene rings is 1. The summed E-state index contributed by atoms with van der Waals surface area (Å²) in [6, 6.07) is 5.31. The van der Waals surface area contributed by atoms with Gasteiger partial charge in [0.15, 0.2) is 17.4 Å². The van der Waals surface area contributed by atoms with Crippen LogP contribution in [0.3, 0.4) is 0 Å². The summed E-state index contributed by atoms with van der Waals surface area (Å²) in [6.45, 7) is 1.44. The van der Waals surface area contributed by atoms with Crippen LogP contribution in [0.1, 0.15) is 24.8 Å². The Morgan fingerprint density at radius 1 is 1.19 bits per heavy atom. The van der Waals surface area contributed by atoms with Crippen molar-refractivity contribution in [2.75, 3.05) is 18.4 Å². The number of aromatic amines is 1. The molecular weight excluding hydrogens is 487 g/mol. The molecule has 2 N–H and O–H groups in total. The third-order valence-corrected chi connectivity index (χ3v) is 5.97. The van der Waals surface area contributed by atoms with E-state index in [1.807, 2.05) is 0 Å². The first kappa shape index (κ1) is 25.3. The third kappa shape index (κ3) is 5.54. The minimum absolute atomic E-state index is 0.0174. The van der Waals surface area contributed by atoms with Gasteiger partial charge in [0.25, 0.3) is 5.92 Å². The predicted octanol–water partition coefficient (Wildman–Crippen LogP) is 4.43. The van der Waals surface area contributed by atoms with Crippen LogP contribution in [0.15, 0.2) is 53.6 Å². The number of amides is 1. The monoisotopic (exact) mass is 508 g/mol. The van der Waals surface area contributed by atoms with Crippen LogP contribution in [0.4, 0.5) is 27.8 Å². The second-order valence-electron chi connectivity index (χ2n) is 8.39. The van der Waals surface area contributed by atoms with Crippen LogP contribution < -0.4 is 15.6 Å². The number of nitrogens with zero attached hydrogens (tertiary/aromatic N) is 2. The predicted molar refractivity (Wildman–Crippen MR) is 120 cm³/mol. The number of carbonyl (C=O) groups is 1. The zero-order valence-electron chi connectivity index (χ0n) is 18.9. The molecule has 1 aliphatic heterocycles. The summed E-state index contributed by atoms with van der Waals surface area (Å²) >= 11 is 0. The summed E-state index contributed by atoms with van der Waals surface area (Å²) in [7, 11) is 0. The lowest BCUT2D eigenvalue weighted by atomic mass is 9.87. The maximum Gasteiger partial charge on any atom is 0.257 e. The first-order valence-electron chi connectivity index (χ1n) is 10.9. The lowest BCUT2D eigenvalue weighted by Crippen LogP contribution is -2.52. The van der Waals surface area contributed by atoms with E-state index in [1.54, 1.807) is 11.8 Å². The molecule has 2 atom stereocenters. The van der Waals surface area contributed by atoms with Crippen molar-refractivity contribution in [3.63, 3.8) is 0 Å². The highest BCUT2D eigenvalue weighted by molar-refractivity contribution is 5.93. The standard InChI is InChI=1S/C24H21F5N4O3/c1-13(33-7-6-24(28,29)17(12-33)14-2-5-21(34)31-10-14)23(35)32-20-4-3-16(11-30-20)36-22-18(26)8-15(25)9-19(22)27/h2-5,8-11,13,17H,6-7,12H2,1H3,(H,31,34)(H,30,32,35)/t13?,17-/m1/s1. The molecule has 0 aliphatic carbocycles. The van der Waals surface area contributed by atoms with E-state index >= 15 is 0 Å². The maximum atomic E-state index is 14.6. The Balaban J connectivity index is 1.40. The van der Waals surface area contributed by atoms with Crippen molar-refractivity contribution in [2.24, 2.45) is 0 Å². The van der Waals surface area contributed by atoms with Gasteiger partial charge in [-0.3, -0.25) is 14.5 Å². The number of alkyl halides is 2. The number of ether oxygens (including phenoxy) is 1. The van der Waals surface area contributed by atoms with Crippen molar-refractivity contribution < 1.29 is 31.5 Å². The molecule has 7 nitrogen and oxygen atoms in total. The molecule has 0 bridgehead atoms. The van der Waals surface area contributed by atoms with Gasteiger partial charge in [-0.15, -0.1) is 0 Å². The van der Waals surface area contributed by atoms with E-state index in [-0.39, 0.29) is 30.2 Å². The average molecular weight is 508 g/mol. The minimum Gasteiger partial charge on any atom is -0.450 e. The van der Waals surface area contributed by atoms with Crippen LogP contribution in [0.2, 0.25) is 0 Å². The molecule has 2 aromatic heterocycles. The molecule has 1 saturated heterocycles. The van der Waals surface area contributed by atoms with Crippen molar-refractivity contribution in [3.05, 3.63) is 82.2 Å². The molecular formula is C24H21F5N4O3. The second-order valence-corrected chi connectivity index (χ2v) is 8.39. The minimum atomic E-state index is -3.01. The van der Waals surface area contributed by atoms with Gasteiger partial charge in [-0.25, -0.2) is 26.9 Å². The van der Waals surface area contributed by atoms with Gasteiger partial charge in [0.05, 0.1) is 18.2 Å². The van der Waals surface area contributed by atoms with Crippen LogP contribution >= 0.6 is 0 Å². The van der Waals surface area contributed by atoms with Crippen molar-refractivity contribution in [2.45, 2.75) is 31.2 Å². The third-order valence-electron chi connectivity index (χ3n) is 5.97. The molecule has 1 aliphatic rings. The largest absolute Gasteiger partial charge is 0.450 e. The molecule has 3 aromatic rings. The number of halogens is 5. The smallest absolute Gasteiger partial charge is 0.257 e. The normalized spacial score (nSPS) is 18.4. The fraction of sp³-hybridized carbons (Fsp3) is 0.292. The fourth-order valence-corrected chi connectivity index (χ4v) is 3.92. The van der Waals surface area contributed by atoms with Crippen molar-refractivity contribution in [3.8, 4) is 11.5 Å². The average Bonchev–Trinajstić information content (AvgIpc) is 2.82. The maximum absolute atomic E-state index is 14.6. The van der Waals surface area contributed by atoms with Gasteiger partial charge in [0, 0.05) is 43.9 Å². The molecule has 3 heterocycles. The Morgan fingerprint density at radius 3 is 2.53 bits per heavy atom. The van der Waals surface area contributed by atoms with E-state index in [1.165, 1.54) is 30.5 Å². The number of H-pyrrole nitrogens is 1. The van der Waals surface area contributed by atoms with Gasteiger partial charge in [-0.2, -0.15) is 0 Å². The highest BCUT2D eigenvalue weighted by atomic mass is 19.3. The molecule has 190 valence electrons. The molecule has 1 fully saturated rings. The van der Waals surface area contributed by atoms with Gasteiger partial charge in [0.1, 0.15) is 17.4 Å². The Kier molecular flexibility index (Phi) is 7.07. The summed E-state index contributed by atoms with van der Waals surface area (Å²) in [5, 5.41) is 2.56. The lowest BCUT2D eigenvalue weighted by molar-refractivity contribution is -0.125. The molecule has 0 radical (unpaired) electrons. The number of carbonyl (C=O) groups excluding carboxylic acids is 1. The van der Waals surface area contributed by atoms with Gasteiger partial charge in [-0.05, 0) is 24.6 Å². The number of rotatable bonds is 6. The number of nitrogens with one attached hydrogen (secondary N) is 2. The molecule has 1 aromatic carbocycles. The topological polar surface area (TPSA) is 87.3 Å². The van der Waals surface area contributed by atoms with Gasteiger partial charge in [-0.1, -0.05) is 6.07 Å². The number of pyridine rings is 2. The van der Waals surface area contributed by atoms with Crippen LogP contribution in [-0.4, -0.2) is 45.8 Å². The van der Waals surface area contributed by atoms with Crippen molar-refractivity contribution in [1.82, 2.24) is 14.9 Å². The van der Waals surface area contributed by atoms with E-state index < -0.39 is 59.0 Å². The first-order chi connectivity index (χ1) is 17.0. The zero-order chi connectivity index (χ0) is 26.0. The van der Waals surface area contributed by atoms with E-state index in [9.17, 15) is 31.5 Å². The van der Waals surface area contributed by atoms with Crippen molar-refractivity contribution in [1.29, 1.82) is 0 Å². The summed E-state index contributed by atoms with van der Waals surface area (Å²) < 4.78 is 74.9. The second kappa shape index (κ2) is 10.1. The number of hydrogen-bond acceptors (Lipinski definition) is 5. The highest BCUT2D eigenvalue weighted by Gasteiger charge is 2.46. The zero-order valence-corrected chi connectivity index (χ0v) is 18.9. The lowest BCUT2D eigenvalue weighted by Gasteiger charge is -2.40. The Labute approximate surface area is 201 Å².